The number of carboxylic acids is 1. The topological polar surface area (TPSA) is 75.6 Å². The summed E-state index contributed by atoms with van der Waals surface area (Å²) in [5, 5.41) is 11.7. The Balaban J connectivity index is 2.32. The first kappa shape index (κ1) is 14.5. The maximum absolute atomic E-state index is 11.5. The molecule has 0 aromatic heterocycles. The lowest BCUT2D eigenvalue weighted by Crippen LogP contribution is -2.22. The number of anilines is 1. The van der Waals surface area contributed by atoms with Crippen LogP contribution in [0, 0.1) is 0 Å². The lowest BCUT2D eigenvalue weighted by Gasteiger charge is -2.08. The molecule has 1 aromatic rings. The van der Waals surface area contributed by atoms with Crippen LogP contribution in [0.2, 0.25) is 5.02 Å². The van der Waals surface area contributed by atoms with E-state index in [2.05, 4.69) is 5.32 Å². The molecule has 0 saturated carbocycles. The minimum Gasteiger partial charge on any atom is -0.479 e. The molecule has 0 fully saturated rings. The third-order valence-electron chi connectivity index (χ3n) is 2.15. The number of hydrogen-bond acceptors (Lipinski definition) is 3. The van der Waals surface area contributed by atoms with Crippen molar-refractivity contribution in [3.8, 4) is 0 Å². The van der Waals surface area contributed by atoms with Gasteiger partial charge in [0.1, 0.15) is 0 Å². The van der Waals surface area contributed by atoms with Crippen molar-refractivity contribution in [3.05, 3.63) is 29.3 Å². The van der Waals surface area contributed by atoms with Gasteiger partial charge in [0, 0.05) is 10.7 Å². The van der Waals surface area contributed by atoms with E-state index in [0.717, 1.165) is 0 Å². The molecule has 98 valence electrons. The van der Waals surface area contributed by atoms with Gasteiger partial charge >= 0.3 is 5.97 Å². The molecule has 0 aliphatic heterocycles. The molecule has 1 aromatic carbocycles. The van der Waals surface area contributed by atoms with E-state index in [0.29, 0.717) is 10.7 Å². The number of carboxylic acid groups (broad SMARTS) is 1. The van der Waals surface area contributed by atoms with Crippen molar-refractivity contribution in [1.82, 2.24) is 0 Å². The van der Waals surface area contributed by atoms with Crippen LogP contribution < -0.4 is 5.32 Å². The van der Waals surface area contributed by atoms with Crippen LogP contribution >= 0.6 is 11.6 Å². The maximum Gasteiger partial charge on any atom is 0.332 e. The Labute approximate surface area is 110 Å². The quantitative estimate of drug-likeness (QED) is 0.831. The van der Waals surface area contributed by atoms with Gasteiger partial charge in [0.15, 0.2) is 6.10 Å². The molecule has 0 aliphatic carbocycles. The minimum absolute atomic E-state index is 0.0554. The number of halogens is 1. The van der Waals surface area contributed by atoms with E-state index in [1.54, 1.807) is 24.3 Å². The van der Waals surface area contributed by atoms with Gasteiger partial charge in [0.05, 0.1) is 13.0 Å². The number of hydrogen-bond donors (Lipinski definition) is 2. The highest BCUT2D eigenvalue weighted by Gasteiger charge is 2.11. The lowest BCUT2D eigenvalue weighted by molar-refractivity contribution is -0.149. The average Bonchev–Trinajstić information content (AvgIpc) is 2.28. The molecule has 1 rings (SSSR count). The Morgan fingerprint density at radius 2 is 2.22 bits per heavy atom. The number of benzene rings is 1. The van der Waals surface area contributed by atoms with Crippen LogP contribution in [0.3, 0.4) is 0 Å². The molecular weight excluding hydrogens is 258 g/mol. The van der Waals surface area contributed by atoms with Crippen molar-refractivity contribution in [1.29, 1.82) is 0 Å². The summed E-state index contributed by atoms with van der Waals surface area (Å²) in [6, 6.07) is 6.76. The second-order valence-corrected chi connectivity index (χ2v) is 4.10. The first-order chi connectivity index (χ1) is 8.49. The molecule has 5 nitrogen and oxygen atoms in total. The van der Waals surface area contributed by atoms with Crippen molar-refractivity contribution >= 4 is 29.2 Å². The standard InChI is InChI=1S/C12H14ClNO4/c1-8(12(16)17)18-6-5-11(15)14-10-4-2-3-9(13)7-10/h2-4,7-8H,5-6H2,1H3,(H,14,15)(H,16,17)/t8-/m1/s1. The second kappa shape index (κ2) is 6.98. The van der Waals surface area contributed by atoms with Gasteiger partial charge in [-0.25, -0.2) is 4.79 Å². The normalized spacial score (nSPS) is 11.9. The van der Waals surface area contributed by atoms with Crippen molar-refractivity contribution < 1.29 is 19.4 Å². The molecule has 18 heavy (non-hydrogen) atoms. The fraction of sp³-hybridized carbons (Fsp3) is 0.333. The summed E-state index contributed by atoms with van der Waals surface area (Å²) in [4.78, 5) is 22.0. The fourth-order valence-electron chi connectivity index (χ4n) is 1.19. The van der Waals surface area contributed by atoms with Gasteiger partial charge in [0.25, 0.3) is 0 Å². The molecule has 2 N–H and O–H groups in total. The third kappa shape index (κ3) is 5.16. The molecule has 0 radical (unpaired) electrons. The summed E-state index contributed by atoms with van der Waals surface area (Å²) >= 11 is 5.77. The number of amides is 1. The van der Waals surface area contributed by atoms with Crippen LogP contribution in [0.4, 0.5) is 5.69 Å². The molecule has 0 bridgehead atoms. The zero-order valence-corrected chi connectivity index (χ0v) is 10.6. The molecule has 0 heterocycles. The molecule has 0 saturated heterocycles. The highest BCUT2D eigenvalue weighted by Crippen LogP contribution is 2.14. The summed E-state index contributed by atoms with van der Waals surface area (Å²) in [5.74, 6) is -1.31. The fourth-order valence-corrected chi connectivity index (χ4v) is 1.38. The van der Waals surface area contributed by atoms with E-state index in [1.165, 1.54) is 6.92 Å². The lowest BCUT2D eigenvalue weighted by atomic mass is 10.3. The van der Waals surface area contributed by atoms with E-state index >= 15 is 0 Å². The van der Waals surface area contributed by atoms with Crippen LogP contribution in [0.15, 0.2) is 24.3 Å². The number of carbonyl (C=O) groups is 2. The predicted molar refractivity (Wildman–Crippen MR) is 67.7 cm³/mol. The van der Waals surface area contributed by atoms with Gasteiger partial charge < -0.3 is 15.2 Å². The maximum atomic E-state index is 11.5. The molecule has 1 atom stereocenters. The Kier molecular flexibility index (Phi) is 5.61. The van der Waals surface area contributed by atoms with Crippen LogP contribution in [0.1, 0.15) is 13.3 Å². The number of carbonyl (C=O) groups excluding carboxylic acids is 1. The van der Waals surface area contributed by atoms with Crippen LogP contribution in [-0.4, -0.2) is 29.7 Å². The van der Waals surface area contributed by atoms with E-state index in [4.69, 9.17) is 21.4 Å². The van der Waals surface area contributed by atoms with Crippen LogP contribution in [0.25, 0.3) is 0 Å². The van der Waals surface area contributed by atoms with Gasteiger partial charge in [-0.2, -0.15) is 0 Å². The predicted octanol–water partition coefficient (Wildman–Crippen LogP) is 2.16. The van der Waals surface area contributed by atoms with Gasteiger partial charge in [-0.15, -0.1) is 0 Å². The summed E-state index contributed by atoms with van der Waals surface area (Å²) in [7, 11) is 0. The summed E-state index contributed by atoms with van der Waals surface area (Å²) in [6.07, 6.45) is -0.826. The average molecular weight is 272 g/mol. The zero-order valence-electron chi connectivity index (χ0n) is 9.85. The Hall–Kier alpha value is -1.59. The molecular formula is C12H14ClNO4. The smallest absolute Gasteiger partial charge is 0.332 e. The van der Waals surface area contributed by atoms with Gasteiger partial charge in [-0.1, -0.05) is 17.7 Å². The largest absolute Gasteiger partial charge is 0.479 e. The highest BCUT2D eigenvalue weighted by molar-refractivity contribution is 6.30. The summed E-state index contributed by atoms with van der Waals surface area (Å²) < 4.78 is 4.95. The Morgan fingerprint density at radius 3 is 2.83 bits per heavy atom. The van der Waals surface area contributed by atoms with Crippen LogP contribution in [-0.2, 0) is 14.3 Å². The van der Waals surface area contributed by atoms with Crippen molar-refractivity contribution in [2.45, 2.75) is 19.4 Å². The second-order valence-electron chi connectivity index (χ2n) is 3.66. The molecule has 0 aliphatic rings. The van der Waals surface area contributed by atoms with Crippen molar-refractivity contribution in [3.63, 3.8) is 0 Å². The first-order valence-corrected chi connectivity index (χ1v) is 5.76. The molecule has 6 heteroatoms. The highest BCUT2D eigenvalue weighted by atomic mass is 35.5. The van der Waals surface area contributed by atoms with Gasteiger partial charge in [0.2, 0.25) is 5.91 Å². The Bertz CT molecular complexity index is 436. The van der Waals surface area contributed by atoms with E-state index in [1.807, 2.05) is 0 Å². The Morgan fingerprint density at radius 1 is 1.50 bits per heavy atom. The van der Waals surface area contributed by atoms with Crippen LogP contribution in [0.5, 0.6) is 0 Å². The first-order valence-electron chi connectivity index (χ1n) is 5.39. The number of aliphatic carboxylic acids is 1. The SMILES string of the molecule is C[C@@H](OCCC(=O)Nc1cccc(Cl)c1)C(=O)O. The molecule has 0 unspecified atom stereocenters. The monoisotopic (exact) mass is 271 g/mol. The summed E-state index contributed by atoms with van der Waals surface area (Å²) in [5.41, 5.74) is 0.596. The number of ether oxygens (including phenoxy) is 1. The van der Waals surface area contributed by atoms with E-state index in [-0.39, 0.29) is 18.9 Å². The van der Waals surface area contributed by atoms with Gasteiger partial charge in [-0.3, -0.25) is 4.79 Å². The zero-order chi connectivity index (χ0) is 13.5. The minimum atomic E-state index is -1.05. The van der Waals surface area contributed by atoms with Crippen molar-refractivity contribution in [2.75, 3.05) is 11.9 Å². The third-order valence-corrected chi connectivity index (χ3v) is 2.39. The van der Waals surface area contributed by atoms with Gasteiger partial charge in [-0.05, 0) is 25.1 Å². The number of nitrogens with one attached hydrogen (secondary N) is 1. The van der Waals surface area contributed by atoms with E-state index in [9.17, 15) is 9.59 Å². The molecule has 0 spiro atoms. The molecule has 1 amide bonds. The number of rotatable bonds is 6. The van der Waals surface area contributed by atoms with E-state index < -0.39 is 12.1 Å². The summed E-state index contributed by atoms with van der Waals surface area (Å²) in [6.45, 7) is 1.47. The van der Waals surface area contributed by atoms with Crippen molar-refractivity contribution in [2.24, 2.45) is 0 Å².